The molecule has 0 amide bonds. The number of anilines is 2. The third kappa shape index (κ3) is 5.34. The fourth-order valence-corrected chi connectivity index (χ4v) is 4.43. The summed E-state index contributed by atoms with van der Waals surface area (Å²) in [5.74, 6) is -0.612. The number of hydrogen-bond acceptors (Lipinski definition) is 8. The molecule has 0 saturated heterocycles. The molecule has 198 valence electrons. The smallest absolute Gasteiger partial charge is 0.213 e. The lowest BCUT2D eigenvalue weighted by Gasteiger charge is -2.22. The molecule has 0 bridgehead atoms. The van der Waals surface area contributed by atoms with Crippen molar-refractivity contribution in [3.8, 4) is 12.1 Å². The highest BCUT2D eigenvalue weighted by Crippen LogP contribution is 2.39. The molecular formula is C28H27F2N9. The molecule has 0 radical (unpaired) electrons. The molecule has 5 rings (SSSR count). The number of fused-ring (bicyclic) bond motifs is 1. The molecule has 1 fully saturated rings. The first-order chi connectivity index (χ1) is 18.6. The highest BCUT2D eigenvalue weighted by atomic mass is 19.1. The first-order valence-electron chi connectivity index (χ1n) is 12.5. The number of aryl methyl sites for hydroxylation is 1. The van der Waals surface area contributed by atoms with Crippen molar-refractivity contribution < 1.29 is 8.78 Å². The lowest BCUT2D eigenvalue weighted by molar-refractivity contribution is 0.425. The van der Waals surface area contributed by atoms with Gasteiger partial charge in [0.15, 0.2) is 0 Å². The molecule has 1 aliphatic rings. The van der Waals surface area contributed by atoms with Crippen LogP contribution in [-0.4, -0.2) is 37.7 Å². The minimum Gasteiger partial charge on any atom is -0.383 e. The second-order valence-electron chi connectivity index (χ2n) is 10.9. The first-order valence-corrected chi connectivity index (χ1v) is 12.5. The van der Waals surface area contributed by atoms with Crippen molar-refractivity contribution in [2.45, 2.75) is 52.4 Å². The zero-order chi connectivity index (χ0) is 27.9. The van der Waals surface area contributed by atoms with Crippen LogP contribution in [0.5, 0.6) is 0 Å². The number of nitrogens with one attached hydrogen (secondary N) is 2. The van der Waals surface area contributed by atoms with E-state index in [1.54, 1.807) is 25.3 Å². The molecule has 0 spiro atoms. The third-order valence-corrected chi connectivity index (χ3v) is 6.57. The van der Waals surface area contributed by atoms with Gasteiger partial charge in [0.2, 0.25) is 5.95 Å². The van der Waals surface area contributed by atoms with Crippen molar-refractivity contribution >= 4 is 22.3 Å². The summed E-state index contributed by atoms with van der Waals surface area (Å²) < 4.78 is 29.1. The number of rotatable bonds is 7. The normalized spacial score (nSPS) is 17.3. The van der Waals surface area contributed by atoms with Gasteiger partial charge in [0.25, 0.3) is 0 Å². The van der Waals surface area contributed by atoms with Crippen molar-refractivity contribution in [1.29, 1.82) is 10.5 Å². The van der Waals surface area contributed by atoms with Crippen LogP contribution in [0, 0.1) is 40.9 Å². The van der Waals surface area contributed by atoms with Gasteiger partial charge in [-0.15, -0.1) is 5.10 Å². The SMILES string of the molecule is Cc1nc(F)ccc1[C@H](Nc1cc(C#N)c2ncc(C#N)c(NCC(C)(C)C)c2c1)c1cn([C@@H]2C[C@@H]2F)nn1. The summed E-state index contributed by atoms with van der Waals surface area (Å²) in [5.41, 5.74) is 3.77. The summed E-state index contributed by atoms with van der Waals surface area (Å²) in [5, 5.41) is 35.5. The van der Waals surface area contributed by atoms with Crippen molar-refractivity contribution in [3.05, 3.63) is 70.7 Å². The number of hydrogen-bond donors (Lipinski definition) is 2. The van der Waals surface area contributed by atoms with E-state index in [2.05, 4.69) is 63.8 Å². The number of pyridine rings is 2. The van der Waals surface area contributed by atoms with Crippen LogP contribution in [0.2, 0.25) is 0 Å². The Morgan fingerprint density at radius 2 is 1.92 bits per heavy atom. The molecule has 3 heterocycles. The molecule has 1 saturated carbocycles. The highest BCUT2D eigenvalue weighted by Gasteiger charge is 2.40. The van der Waals surface area contributed by atoms with E-state index in [-0.39, 0.29) is 11.5 Å². The van der Waals surface area contributed by atoms with Crippen molar-refractivity contribution in [3.63, 3.8) is 0 Å². The van der Waals surface area contributed by atoms with E-state index in [1.165, 1.54) is 16.9 Å². The second kappa shape index (κ2) is 9.91. The number of halogens is 2. The Morgan fingerprint density at radius 3 is 2.56 bits per heavy atom. The van der Waals surface area contributed by atoms with Gasteiger partial charge < -0.3 is 10.6 Å². The average Bonchev–Trinajstić information content (AvgIpc) is 3.41. The summed E-state index contributed by atoms with van der Waals surface area (Å²) in [7, 11) is 0. The van der Waals surface area contributed by atoms with Gasteiger partial charge in [0, 0.05) is 41.5 Å². The molecule has 11 heteroatoms. The average molecular weight is 528 g/mol. The molecule has 1 aliphatic carbocycles. The van der Waals surface area contributed by atoms with Gasteiger partial charge in [0.05, 0.1) is 40.6 Å². The number of benzene rings is 1. The largest absolute Gasteiger partial charge is 0.383 e. The monoisotopic (exact) mass is 527 g/mol. The predicted molar refractivity (Wildman–Crippen MR) is 142 cm³/mol. The number of aromatic nitrogens is 5. The topological polar surface area (TPSA) is 128 Å². The van der Waals surface area contributed by atoms with Crippen molar-refractivity contribution in [2.75, 3.05) is 17.2 Å². The van der Waals surface area contributed by atoms with Crippen LogP contribution in [0.25, 0.3) is 10.9 Å². The maximum atomic E-state index is 13.9. The van der Waals surface area contributed by atoms with Crippen LogP contribution in [0.4, 0.5) is 20.2 Å². The Morgan fingerprint density at radius 1 is 1.18 bits per heavy atom. The maximum absolute atomic E-state index is 13.9. The van der Waals surface area contributed by atoms with Gasteiger partial charge in [0.1, 0.15) is 24.0 Å². The van der Waals surface area contributed by atoms with Gasteiger partial charge >= 0.3 is 0 Å². The third-order valence-electron chi connectivity index (χ3n) is 6.57. The first kappa shape index (κ1) is 26.0. The predicted octanol–water partition coefficient (Wildman–Crippen LogP) is 5.35. The second-order valence-corrected chi connectivity index (χ2v) is 10.9. The zero-order valence-corrected chi connectivity index (χ0v) is 22.0. The number of alkyl halides is 1. The molecular weight excluding hydrogens is 500 g/mol. The van der Waals surface area contributed by atoms with Crippen LogP contribution in [0.1, 0.15) is 67.4 Å². The Labute approximate surface area is 224 Å². The molecule has 1 aromatic carbocycles. The maximum Gasteiger partial charge on any atom is 0.213 e. The van der Waals surface area contributed by atoms with Gasteiger partial charge in [-0.3, -0.25) is 4.98 Å². The Kier molecular flexibility index (Phi) is 6.61. The van der Waals surface area contributed by atoms with E-state index in [0.717, 1.165) is 0 Å². The van der Waals surface area contributed by atoms with E-state index in [0.29, 0.717) is 63.3 Å². The molecule has 2 N–H and O–H groups in total. The fourth-order valence-electron chi connectivity index (χ4n) is 4.43. The fraction of sp³-hybridized carbons (Fsp3) is 0.357. The quantitative estimate of drug-likeness (QED) is 0.308. The molecule has 4 aromatic rings. The van der Waals surface area contributed by atoms with Crippen LogP contribution in [-0.2, 0) is 0 Å². The van der Waals surface area contributed by atoms with Crippen molar-refractivity contribution in [1.82, 2.24) is 25.0 Å². The van der Waals surface area contributed by atoms with Crippen LogP contribution >= 0.6 is 0 Å². The molecule has 39 heavy (non-hydrogen) atoms. The summed E-state index contributed by atoms with van der Waals surface area (Å²) in [6.45, 7) is 8.50. The van der Waals surface area contributed by atoms with E-state index < -0.39 is 18.2 Å². The summed E-state index contributed by atoms with van der Waals surface area (Å²) in [6.07, 6.45) is 2.56. The molecule has 0 unspecified atom stereocenters. The van der Waals surface area contributed by atoms with Gasteiger partial charge in [-0.1, -0.05) is 32.1 Å². The minimum absolute atomic E-state index is 0.0690. The minimum atomic E-state index is -0.959. The lowest BCUT2D eigenvalue weighted by atomic mass is 9.96. The highest BCUT2D eigenvalue weighted by molar-refractivity contribution is 5.99. The van der Waals surface area contributed by atoms with E-state index >= 15 is 0 Å². The van der Waals surface area contributed by atoms with Gasteiger partial charge in [-0.2, -0.15) is 14.9 Å². The van der Waals surface area contributed by atoms with Crippen LogP contribution in [0.15, 0.2) is 36.7 Å². The van der Waals surface area contributed by atoms with Gasteiger partial charge in [-0.05, 0) is 30.5 Å². The number of nitrogens with zero attached hydrogens (tertiary/aromatic N) is 7. The molecule has 0 aliphatic heterocycles. The van der Waals surface area contributed by atoms with E-state index in [1.807, 2.05) is 6.07 Å². The van der Waals surface area contributed by atoms with Crippen LogP contribution in [0.3, 0.4) is 0 Å². The van der Waals surface area contributed by atoms with Crippen molar-refractivity contribution in [2.24, 2.45) is 5.41 Å². The molecule has 9 nitrogen and oxygen atoms in total. The molecule has 3 atom stereocenters. The Balaban J connectivity index is 1.62. The Bertz CT molecular complexity index is 1640. The summed E-state index contributed by atoms with van der Waals surface area (Å²) in [4.78, 5) is 8.37. The lowest BCUT2D eigenvalue weighted by Crippen LogP contribution is -2.20. The van der Waals surface area contributed by atoms with E-state index in [9.17, 15) is 19.3 Å². The van der Waals surface area contributed by atoms with Crippen LogP contribution < -0.4 is 10.6 Å². The van der Waals surface area contributed by atoms with E-state index in [4.69, 9.17) is 0 Å². The number of nitriles is 2. The standard InChI is InChI=1S/C28H27F2N9/c1-15-19(5-6-24(30)35-15)27(22-13-39(38-37-22)23-9-21(23)29)36-18-7-16(10-31)25-20(8-18)26(17(11-32)12-33-25)34-14-28(2,3)4/h5-8,12-13,21,23,27,36H,9,14H2,1-4H3,(H,33,34)/t21-,23+,27-/m0/s1. The Hall–Kier alpha value is -4.64. The van der Waals surface area contributed by atoms with Gasteiger partial charge in [-0.25, -0.2) is 14.1 Å². The summed E-state index contributed by atoms with van der Waals surface area (Å²) >= 11 is 0. The molecule has 3 aromatic heterocycles. The zero-order valence-electron chi connectivity index (χ0n) is 22.0. The summed E-state index contributed by atoms with van der Waals surface area (Å²) in [6, 6.07) is 9.76.